The van der Waals surface area contributed by atoms with E-state index in [1.807, 2.05) is 25.1 Å². The first-order chi connectivity index (χ1) is 8.70. The fraction of sp³-hybridized carbons (Fsp3) is 0.200. The van der Waals surface area contributed by atoms with Crippen LogP contribution < -0.4 is 10.6 Å². The van der Waals surface area contributed by atoms with Gasteiger partial charge in [-0.2, -0.15) is 0 Å². The Morgan fingerprint density at radius 1 is 1.11 bits per heavy atom. The molecule has 18 heavy (non-hydrogen) atoms. The molecular weight excluding hydrogens is 227 g/mol. The van der Waals surface area contributed by atoms with E-state index >= 15 is 0 Å². The third-order valence-electron chi connectivity index (χ3n) is 2.93. The quantitative estimate of drug-likeness (QED) is 0.835. The lowest BCUT2D eigenvalue weighted by Gasteiger charge is -2.24. The molecule has 2 aromatic carbocycles. The van der Waals surface area contributed by atoms with E-state index in [9.17, 15) is 4.39 Å². The summed E-state index contributed by atoms with van der Waals surface area (Å²) in [4.78, 5) is 2.06. The predicted octanol–water partition coefficient (Wildman–Crippen LogP) is 3.43. The maximum absolute atomic E-state index is 13.3. The maximum Gasteiger partial charge on any atom is 0.125 e. The van der Waals surface area contributed by atoms with Crippen molar-refractivity contribution in [1.82, 2.24) is 0 Å². The van der Waals surface area contributed by atoms with Crippen molar-refractivity contribution in [2.45, 2.75) is 13.5 Å². The maximum atomic E-state index is 13.3. The van der Waals surface area contributed by atoms with Gasteiger partial charge in [0.25, 0.3) is 0 Å². The van der Waals surface area contributed by atoms with E-state index in [-0.39, 0.29) is 5.82 Å². The molecule has 0 unspecified atom stereocenters. The van der Waals surface area contributed by atoms with Crippen LogP contribution >= 0.6 is 0 Å². The zero-order valence-corrected chi connectivity index (χ0v) is 10.4. The molecule has 0 saturated heterocycles. The molecule has 0 aliphatic rings. The summed E-state index contributed by atoms with van der Waals surface area (Å²) < 4.78 is 13.3. The second-order valence-corrected chi connectivity index (χ2v) is 4.20. The Morgan fingerprint density at radius 2 is 1.83 bits per heavy atom. The number of nitrogen functional groups attached to an aromatic ring is 1. The van der Waals surface area contributed by atoms with Crippen molar-refractivity contribution in [2.75, 3.05) is 17.2 Å². The zero-order valence-electron chi connectivity index (χ0n) is 10.4. The smallest absolute Gasteiger partial charge is 0.125 e. The molecule has 0 spiro atoms. The molecule has 0 bridgehead atoms. The highest BCUT2D eigenvalue weighted by atomic mass is 19.1. The van der Waals surface area contributed by atoms with Gasteiger partial charge in [0.05, 0.1) is 11.4 Å². The average molecular weight is 244 g/mol. The minimum Gasteiger partial charge on any atom is -0.397 e. The molecule has 94 valence electrons. The van der Waals surface area contributed by atoms with Gasteiger partial charge >= 0.3 is 0 Å². The van der Waals surface area contributed by atoms with E-state index in [0.717, 1.165) is 18.8 Å². The van der Waals surface area contributed by atoms with Gasteiger partial charge in [0.15, 0.2) is 0 Å². The molecule has 0 radical (unpaired) electrons. The van der Waals surface area contributed by atoms with Crippen molar-refractivity contribution < 1.29 is 4.39 Å². The third-order valence-corrected chi connectivity index (χ3v) is 2.93. The Morgan fingerprint density at radius 3 is 2.50 bits per heavy atom. The third kappa shape index (κ3) is 2.80. The van der Waals surface area contributed by atoms with Crippen LogP contribution in [0.15, 0.2) is 48.5 Å². The lowest BCUT2D eigenvalue weighted by molar-refractivity contribution is 0.626. The van der Waals surface area contributed by atoms with Crippen molar-refractivity contribution in [1.29, 1.82) is 0 Å². The summed E-state index contributed by atoms with van der Waals surface area (Å²) in [6, 6.07) is 14.6. The molecule has 0 aliphatic carbocycles. The van der Waals surface area contributed by atoms with Crippen molar-refractivity contribution in [3.63, 3.8) is 0 Å². The van der Waals surface area contributed by atoms with Gasteiger partial charge in [0.1, 0.15) is 5.82 Å². The number of anilines is 2. The largest absolute Gasteiger partial charge is 0.397 e. The van der Waals surface area contributed by atoms with Gasteiger partial charge < -0.3 is 10.6 Å². The van der Waals surface area contributed by atoms with Crippen LogP contribution in [0.2, 0.25) is 0 Å². The molecule has 0 heterocycles. The van der Waals surface area contributed by atoms with Crippen LogP contribution in [0.25, 0.3) is 0 Å². The Bertz CT molecular complexity index is 511. The van der Waals surface area contributed by atoms with Crippen LogP contribution in [0, 0.1) is 5.82 Å². The van der Waals surface area contributed by atoms with Gasteiger partial charge in [0.2, 0.25) is 0 Å². The van der Waals surface area contributed by atoms with E-state index in [0.29, 0.717) is 5.69 Å². The fourth-order valence-corrected chi connectivity index (χ4v) is 1.96. The Balaban J connectivity index is 2.26. The molecule has 0 amide bonds. The molecule has 2 rings (SSSR count). The monoisotopic (exact) mass is 244 g/mol. The summed E-state index contributed by atoms with van der Waals surface area (Å²) >= 11 is 0. The highest BCUT2D eigenvalue weighted by Gasteiger charge is 2.09. The van der Waals surface area contributed by atoms with E-state index in [1.54, 1.807) is 6.07 Å². The molecule has 0 saturated carbocycles. The first-order valence-corrected chi connectivity index (χ1v) is 6.04. The van der Waals surface area contributed by atoms with Gasteiger partial charge in [-0.15, -0.1) is 0 Å². The van der Waals surface area contributed by atoms with Gasteiger partial charge in [-0.1, -0.05) is 30.3 Å². The molecule has 0 aliphatic heterocycles. The van der Waals surface area contributed by atoms with Crippen molar-refractivity contribution >= 4 is 11.4 Å². The average Bonchev–Trinajstić information content (AvgIpc) is 2.40. The summed E-state index contributed by atoms with van der Waals surface area (Å²) in [5, 5.41) is 0. The van der Waals surface area contributed by atoms with Gasteiger partial charge in [-0.3, -0.25) is 0 Å². The van der Waals surface area contributed by atoms with Crippen LogP contribution in [0.1, 0.15) is 12.5 Å². The lowest BCUT2D eigenvalue weighted by Crippen LogP contribution is -2.23. The Labute approximate surface area is 107 Å². The van der Waals surface area contributed by atoms with Crippen molar-refractivity contribution in [3.8, 4) is 0 Å². The number of nitrogens with zero attached hydrogens (tertiary/aromatic N) is 1. The molecule has 2 N–H and O–H groups in total. The Hall–Kier alpha value is -2.03. The lowest BCUT2D eigenvalue weighted by atomic mass is 10.2. The van der Waals surface area contributed by atoms with Gasteiger partial charge in [-0.25, -0.2) is 4.39 Å². The number of benzene rings is 2. The molecular formula is C15H17FN2. The molecule has 3 heteroatoms. The topological polar surface area (TPSA) is 29.3 Å². The summed E-state index contributed by atoms with van der Waals surface area (Å²) in [5.41, 5.74) is 8.45. The highest BCUT2D eigenvalue weighted by molar-refractivity contribution is 5.67. The van der Waals surface area contributed by atoms with Crippen molar-refractivity contribution in [2.24, 2.45) is 0 Å². The summed E-state index contributed by atoms with van der Waals surface area (Å²) in [5.74, 6) is -0.259. The van der Waals surface area contributed by atoms with E-state index in [4.69, 9.17) is 5.73 Å². The molecule has 0 atom stereocenters. The SMILES string of the molecule is CCN(Cc1ccccc1)c1cc(F)ccc1N. The van der Waals surface area contributed by atoms with Crippen LogP contribution in [0.5, 0.6) is 0 Å². The summed E-state index contributed by atoms with van der Waals surface area (Å²) in [6.45, 7) is 3.54. The minimum atomic E-state index is -0.259. The Kier molecular flexibility index (Phi) is 3.82. The van der Waals surface area contributed by atoms with Crippen LogP contribution in [0.4, 0.5) is 15.8 Å². The number of rotatable bonds is 4. The molecule has 0 aromatic heterocycles. The second kappa shape index (κ2) is 5.54. The molecule has 2 aromatic rings. The second-order valence-electron chi connectivity index (χ2n) is 4.20. The first-order valence-electron chi connectivity index (χ1n) is 6.04. The number of hydrogen-bond acceptors (Lipinski definition) is 2. The first kappa shape index (κ1) is 12.4. The van der Waals surface area contributed by atoms with Crippen LogP contribution in [-0.2, 0) is 6.54 Å². The summed E-state index contributed by atoms with van der Waals surface area (Å²) in [7, 11) is 0. The molecule has 2 nitrogen and oxygen atoms in total. The van der Waals surface area contributed by atoms with Gasteiger partial charge in [-0.05, 0) is 30.7 Å². The number of halogens is 1. The van der Waals surface area contributed by atoms with E-state index in [1.165, 1.54) is 17.7 Å². The normalized spacial score (nSPS) is 10.3. The summed E-state index contributed by atoms with van der Waals surface area (Å²) in [6.07, 6.45) is 0. The van der Waals surface area contributed by atoms with E-state index in [2.05, 4.69) is 17.0 Å². The zero-order chi connectivity index (χ0) is 13.0. The molecule has 0 fully saturated rings. The highest BCUT2D eigenvalue weighted by Crippen LogP contribution is 2.25. The van der Waals surface area contributed by atoms with E-state index < -0.39 is 0 Å². The minimum absolute atomic E-state index is 0.259. The van der Waals surface area contributed by atoms with Crippen LogP contribution in [-0.4, -0.2) is 6.54 Å². The van der Waals surface area contributed by atoms with Crippen LogP contribution in [0.3, 0.4) is 0 Å². The van der Waals surface area contributed by atoms with Gasteiger partial charge in [0, 0.05) is 13.1 Å². The van der Waals surface area contributed by atoms with Crippen molar-refractivity contribution in [3.05, 3.63) is 59.9 Å². The standard InChI is InChI=1S/C15H17FN2/c1-2-18(11-12-6-4-3-5-7-12)15-10-13(16)8-9-14(15)17/h3-10H,2,11,17H2,1H3. The fourth-order valence-electron chi connectivity index (χ4n) is 1.96. The predicted molar refractivity (Wildman–Crippen MR) is 74.0 cm³/mol. The number of hydrogen-bond donors (Lipinski definition) is 1. The number of nitrogens with two attached hydrogens (primary N) is 1.